The van der Waals surface area contributed by atoms with Crippen LogP contribution in [0.1, 0.15) is 61.0 Å². The van der Waals surface area contributed by atoms with E-state index < -0.39 is 0 Å². The average molecular weight is 455 g/mol. The van der Waals surface area contributed by atoms with Gasteiger partial charge in [-0.2, -0.15) is 0 Å². The molecule has 0 saturated carbocycles. The summed E-state index contributed by atoms with van der Waals surface area (Å²) in [5.41, 5.74) is 5.70. The summed E-state index contributed by atoms with van der Waals surface area (Å²) in [6, 6.07) is 27.4. The summed E-state index contributed by atoms with van der Waals surface area (Å²) >= 11 is 0. The SMILES string of the molecule is Cc1ccc(-c2ccccc2C(=O)NC2CCN(CCCC(C)(C)c3ccccc3)CC2)cc1. The molecule has 1 fully saturated rings. The number of likely N-dealkylation sites (tertiary alicyclic amines) is 1. The van der Waals surface area contributed by atoms with E-state index in [1.807, 2.05) is 24.3 Å². The maximum absolute atomic E-state index is 13.1. The molecule has 3 nitrogen and oxygen atoms in total. The van der Waals surface area contributed by atoms with E-state index in [1.54, 1.807) is 0 Å². The van der Waals surface area contributed by atoms with Gasteiger partial charge in [-0.1, -0.05) is 92.2 Å². The van der Waals surface area contributed by atoms with Gasteiger partial charge in [-0.3, -0.25) is 4.79 Å². The number of hydrogen-bond donors (Lipinski definition) is 1. The molecule has 3 aromatic rings. The quantitative estimate of drug-likeness (QED) is 0.415. The zero-order chi connectivity index (χ0) is 24.0. The molecule has 1 heterocycles. The van der Waals surface area contributed by atoms with Gasteiger partial charge in [0.15, 0.2) is 0 Å². The van der Waals surface area contributed by atoms with Gasteiger partial charge >= 0.3 is 0 Å². The minimum absolute atomic E-state index is 0.0410. The van der Waals surface area contributed by atoms with Crippen molar-refractivity contribution in [2.45, 2.75) is 57.9 Å². The Bertz CT molecular complexity index is 1060. The molecule has 178 valence electrons. The third kappa shape index (κ3) is 6.15. The predicted molar refractivity (Wildman–Crippen MR) is 142 cm³/mol. The fourth-order valence-electron chi connectivity index (χ4n) is 5.01. The number of benzene rings is 3. The normalized spacial score (nSPS) is 15.3. The van der Waals surface area contributed by atoms with Crippen LogP contribution in [0.4, 0.5) is 0 Å². The fraction of sp³-hybridized carbons (Fsp3) is 0.387. The van der Waals surface area contributed by atoms with Crippen LogP contribution >= 0.6 is 0 Å². The van der Waals surface area contributed by atoms with E-state index >= 15 is 0 Å². The first kappa shape index (κ1) is 24.2. The van der Waals surface area contributed by atoms with Crippen molar-refractivity contribution >= 4 is 5.91 Å². The molecule has 1 aliphatic rings. The van der Waals surface area contributed by atoms with Gasteiger partial charge in [0.1, 0.15) is 0 Å². The smallest absolute Gasteiger partial charge is 0.252 e. The van der Waals surface area contributed by atoms with Gasteiger partial charge in [0.25, 0.3) is 5.91 Å². The van der Waals surface area contributed by atoms with Crippen LogP contribution in [-0.4, -0.2) is 36.5 Å². The Morgan fingerprint density at radius 3 is 2.26 bits per heavy atom. The third-order valence-electron chi connectivity index (χ3n) is 7.29. The molecule has 0 atom stereocenters. The first-order valence-corrected chi connectivity index (χ1v) is 12.7. The van der Waals surface area contributed by atoms with Crippen LogP contribution in [0.5, 0.6) is 0 Å². The number of piperidine rings is 1. The monoisotopic (exact) mass is 454 g/mol. The number of nitrogens with zero attached hydrogens (tertiary/aromatic N) is 1. The molecule has 0 bridgehead atoms. The van der Waals surface area contributed by atoms with Crippen LogP contribution in [0, 0.1) is 6.92 Å². The summed E-state index contributed by atoms with van der Waals surface area (Å²) < 4.78 is 0. The Balaban J connectivity index is 1.26. The number of rotatable bonds is 8. The molecule has 0 aromatic heterocycles. The van der Waals surface area contributed by atoms with Gasteiger partial charge < -0.3 is 10.2 Å². The lowest BCUT2D eigenvalue weighted by Gasteiger charge is -2.33. The van der Waals surface area contributed by atoms with E-state index in [1.165, 1.54) is 24.0 Å². The standard InChI is InChI=1S/C31H38N2O/c1-24-14-16-25(17-15-24)28-12-7-8-13-29(28)30(34)32-27-18-22-33(23-19-27)21-9-20-31(2,3)26-10-5-4-6-11-26/h4-8,10-17,27H,9,18-23H2,1-3H3,(H,32,34). The Hall–Kier alpha value is -2.91. The zero-order valence-electron chi connectivity index (χ0n) is 20.9. The molecule has 1 saturated heterocycles. The highest BCUT2D eigenvalue weighted by molar-refractivity contribution is 6.01. The Kier molecular flexibility index (Phi) is 7.84. The van der Waals surface area contributed by atoms with Crippen molar-refractivity contribution in [2.24, 2.45) is 0 Å². The van der Waals surface area contributed by atoms with E-state index in [0.717, 1.165) is 49.2 Å². The third-order valence-corrected chi connectivity index (χ3v) is 7.29. The largest absolute Gasteiger partial charge is 0.349 e. The molecule has 0 spiro atoms. The van der Waals surface area contributed by atoms with Crippen molar-refractivity contribution in [2.75, 3.05) is 19.6 Å². The van der Waals surface area contributed by atoms with Crippen LogP contribution in [0.15, 0.2) is 78.9 Å². The van der Waals surface area contributed by atoms with E-state index in [0.29, 0.717) is 0 Å². The molecule has 0 aliphatic carbocycles. The van der Waals surface area contributed by atoms with Crippen LogP contribution < -0.4 is 5.32 Å². The first-order chi connectivity index (χ1) is 16.4. The van der Waals surface area contributed by atoms with E-state index in [9.17, 15) is 4.79 Å². The lowest BCUT2D eigenvalue weighted by atomic mass is 9.80. The molecule has 1 N–H and O–H groups in total. The number of nitrogens with one attached hydrogen (secondary N) is 1. The number of carbonyl (C=O) groups is 1. The minimum atomic E-state index is 0.0410. The predicted octanol–water partition coefficient (Wildman–Crippen LogP) is 6.61. The van der Waals surface area contributed by atoms with Gasteiger partial charge in [0.05, 0.1) is 0 Å². The molecule has 4 rings (SSSR count). The lowest BCUT2D eigenvalue weighted by molar-refractivity contribution is 0.0910. The number of amides is 1. The first-order valence-electron chi connectivity index (χ1n) is 12.7. The lowest BCUT2D eigenvalue weighted by Crippen LogP contribution is -2.45. The molecule has 0 radical (unpaired) electrons. The Morgan fingerprint density at radius 1 is 0.912 bits per heavy atom. The average Bonchev–Trinajstić information content (AvgIpc) is 2.86. The fourth-order valence-corrected chi connectivity index (χ4v) is 5.01. The summed E-state index contributed by atoms with van der Waals surface area (Å²) in [6.07, 6.45) is 4.41. The van der Waals surface area contributed by atoms with Gasteiger partial charge in [-0.05, 0) is 67.3 Å². The number of carbonyl (C=O) groups excluding carboxylic acids is 1. The highest BCUT2D eigenvalue weighted by atomic mass is 16.1. The minimum Gasteiger partial charge on any atom is -0.349 e. The number of aryl methyl sites for hydroxylation is 1. The van der Waals surface area contributed by atoms with Gasteiger partial charge in [0.2, 0.25) is 0 Å². The van der Waals surface area contributed by atoms with E-state index in [-0.39, 0.29) is 17.4 Å². The molecule has 3 aromatic carbocycles. The summed E-state index contributed by atoms with van der Waals surface area (Å²) in [5, 5.41) is 3.31. The van der Waals surface area contributed by atoms with Gasteiger partial charge in [-0.25, -0.2) is 0 Å². The summed E-state index contributed by atoms with van der Waals surface area (Å²) in [7, 11) is 0. The summed E-state index contributed by atoms with van der Waals surface area (Å²) in [5.74, 6) is 0.0410. The maximum Gasteiger partial charge on any atom is 0.252 e. The van der Waals surface area contributed by atoms with Crippen LogP contribution in [0.25, 0.3) is 11.1 Å². The van der Waals surface area contributed by atoms with Crippen molar-refractivity contribution in [3.8, 4) is 11.1 Å². The highest BCUT2D eigenvalue weighted by Gasteiger charge is 2.24. The summed E-state index contributed by atoms with van der Waals surface area (Å²) in [4.78, 5) is 15.7. The number of hydrogen-bond acceptors (Lipinski definition) is 2. The van der Waals surface area contributed by atoms with Crippen LogP contribution in [0.3, 0.4) is 0 Å². The topological polar surface area (TPSA) is 32.3 Å². The second-order valence-corrected chi connectivity index (χ2v) is 10.4. The molecule has 3 heteroatoms. The van der Waals surface area contributed by atoms with Crippen molar-refractivity contribution in [1.29, 1.82) is 0 Å². The maximum atomic E-state index is 13.1. The molecule has 1 amide bonds. The molecular formula is C31H38N2O. The van der Waals surface area contributed by atoms with Gasteiger partial charge in [0, 0.05) is 24.7 Å². The Labute approximate surface area is 205 Å². The zero-order valence-corrected chi connectivity index (χ0v) is 20.9. The van der Waals surface area contributed by atoms with Crippen LogP contribution in [0.2, 0.25) is 0 Å². The van der Waals surface area contributed by atoms with Gasteiger partial charge in [-0.15, -0.1) is 0 Å². The second kappa shape index (κ2) is 11.0. The van der Waals surface area contributed by atoms with Crippen molar-refractivity contribution < 1.29 is 4.79 Å². The molecule has 34 heavy (non-hydrogen) atoms. The van der Waals surface area contributed by atoms with Crippen LogP contribution in [-0.2, 0) is 5.41 Å². The molecule has 1 aliphatic heterocycles. The van der Waals surface area contributed by atoms with Crippen molar-refractivity contribution in [3.05, 3.63) is 95.6 Å². The highest BCUT2D eigenvalue weighted by Crippen LogP contribution is 2.28. The summed E-state index contributed by atoms with van der Waals surface area (Å²) in [6.45, 7) is 10.0. The Morgan fingerprint density at radius 2 is 1.56 bits per heavy atom. The second-order valence-electron chi connectivity index (χ2n) is 10.4. The van der Waals surface area contributed by atoms with Crippen molar-refractivity contribution in [3.63, 3.8) is 0 Å². The molecular weight excluding hydrogens is 416 g/mol. The van der Waals surface area contributed by atoms with Crippen molar-refractivity contribution in [1.82, 2.24) is 10.2 Å². The molecule has 0 unspecified atom stereocenters. The van der Waals surface area contributed by atoms with E-state index in [4.69, 9.17) is 0 Å². The van der Waals surface area contributed by atoms with E-state index in [2.05, 4.69) is 85.6 Å².